The van der Waals surface area contributed by atoms with Crippen molar-refractivity contribution in [1.82, 2.24) is 10.2 Å². The molecule has 3 aliphatic heterocycles. The molecular weight excluding hydrogens is 528 g/mol. The molecule has 9 heteroatoms. The summed E-state index contributed by atoms with van der Waals surface area (Å²) in [5, 5.41) is 2.63. The molecule has 0 unspecified atom stereocenters. The van der Waals surface area contributed by atoms with Crippen LogP contribution in [0, 0.1) is 0 Å². The van der Waals surface area contributed by atoms with Crippen molar-refractivity contribution in [3.8, 4) is 5.75 Å². The van der Waals surface area contributed by atoms with Gasteiger partial charge in [-0.15, -0.1) is 0 Å². The monoisotopic (exact) mass is 556 g/mol. The lowest BCUT2D eigenvalue weighted by molar-refractivity contribution is -0.121. The van der Waals surface area contributed by atoms with E-state index in [4.69, 9.17) is 17.0 Å². The summed E-state index contributed by atoms with van der Waals surface area (Å²) >= 11 is 6.32. The number of thioether (sulfide) groups is 1. The number of benzene rings is 3. The van der Waals surface area contributed by atoms with Crippen LogP contribution in [0.25, 0.3) is 6.08 Å². The van der Waals surface area contributed by atoms with Gasteiger partial charge < -0.3 is 19.9 Å². The minimum atomic E-state index is -0.204. The maximum atomic E-state index is 12.9. The van der Waals surface area contributed by atoms with E-state index >= 15 is 0 Å². The van der Waals surface area contributed by atoms with E-state index in [-0.39, 0.29) is 18.4 Å². The van der Waals surface area contributed by atoms with Gasteiger partial charge in [0, 0.05) is 38.4 Å². The van der Waals surface area contributed by atoms with Crippen LogP contribution in [-0.4, -0.2) is 53.8 Å². The van der Waals surface area contributed by atoms with Crippen LogP contribution in [0.5, 0.6) is 5.75 Å². The highest BCUT2D eigenvalue weighted by Gasteiger charge is 2.27. The first-order valence-electron chi connectivity index (χ1n) is 12.9. The third-order valence-corrected chi connectivity index (χ3v) is 8.29. The van der Waals surface area contributed by atoms with Crippen molar-refractivity contribution in [3.63, 3.8) is 0 Å². The zero-order valence-corrected chi connectivity index (χ0v) is 23.0. The van der Waals surface area contributed by atoms with Gasteiger partial charge in [-0.3, -0.25) is 14.5 Å². The Morgan fingerprint density at radius 1 is 0.897 bits per heavy atom. The Hall–Kier alpha value is -3.66. The van der Waals surface area contributed by atoms with Gasteiger partial charge in [0.05, 0.1) is 17.1 Å². The minimum Gasteiger partial charge on any atom is -0.482 e. The van der Waals surface area contributed by atoms with Gasteiger partial charge in [-0.1, -0.05) is 72.5 Å². The quantitative estimate of drug-likeness (QED) is 0.356. The van der Waals surface area contributed by atoms with Crippen molar-refractivity contribution in [1.29, 1.82) is 0 Å². The second kappa shape index (κ2) is 11.2. The van der Waals surface area contributed by atoms with Crippen molar-refractivity contribution in [2.45, 2.75) is 13.1 Å². The first-order valence-corrected chi connectivity index (χ1v) is 14.2. The number of nitrogens with one attached hydrogen (secondary N) is 1. The molecular formula is C30H28N4O3S2. The summed E-state index contributed by atoms with van der Waals surface area (Å²) in [4.78, 5) is 32.2. The van der Waals surface area contributed by atoms with Crippen LogP contribution in [0.3, 0.4) is 0 Å². The smallest absolute Gasteiger partial charge is 0.265 e. The number of carbonyl (C=O) groups excluding carboxylic acids is 2. The molecule has 2 amide bonds. The van der Waals surface area contributed by atoms with E-state index in [0.29, 0.717) is 27.2 Å². The molecule has 7 nitrogen and oxygen atoms in total. The summed E-state index contributed by atoms with van der Waals surface area (Å²) in [5.41, 5.74) is 5.11. The first kappa shape index (κ1) is 25.6. The number of para-hydroxylation sites is 1. The van der Waals surface area contributed by atoms with Gasteiger partial charge in [-0.2, -0.15) is 0 Å². The first-order chi connectivity index (χ1) is 19.0. The summed E-state index contributed by atoms with van der Waals surface area (Å²) in [6.45, 7) is 5.47. The predicted octanol–water partition coefficient (Wildman–Crippen LogP) is 4.42. The van der Waals surface area contributed by atoms with E-state index in [9.17, 15) is 9.59 Å². The van der Waals surface area contributed by atoms with E-state index in [1.165, 1.54) is 23.0 Å². The third kappa shape index (κ3) is 5.85. The van der Waals surface area contributed by atoms with Crippen LogP contribution in [0.1, 0.15) is 16.7 Å². The molecule has 2 fully saturated rings. The fourth-order valence-corrected chi connectivity index (χ4v) is 6.09. The highest BCUT2D eigenvalue weighted by atomic mass is 32.2. The summed E-state index contributed by atoms with van der Waals surface area (Å²) in [7, 11) is 0. The van der Waals surface area contributed by atoms with Gasteiger partial charge in [-0.25, -0.2) is 0 Å². The summed E-state index contributed by atoms with van der Waals surface area (Å²) in [6.07, 6.45) is 1.78. The average Bonchev–Trinajstić information content (AvgIpc) is 3.28. The van der Waals surface area contributed by atoms with Gasteiger partial charge in [0.25, 0.3) is 11.8 Å². The van der Waals surface area contributed by atoms with Crippen LogP contribution in [0.2, 0.25) is 0 Å². The molecule has 6 rings (SSSR count). The number of thiocarbonyl (C=S) groups is 1. The Kier molecular flexibility index (Phi) is 7.36. The number of hydrogen-bond acceptors (Lipinski definition) is 7. The largest absolute Gasteiger partial charge is 0.482 e. The van der Waals surface area contributed by atoms with E-state index in [0.717, 1.165) is 43.9 Å². The number of rotatable bonds is 6. The second-order valence-electron chi connectivity index (χ2n) is 9.76. The van der Waals surface area contributed by atoms with Crippen molar-refractivity contribution in [2.24, 2.45) is 0 Å². The number of nitrogens with zero attached hydrogens (tertiary/aromatic N) is 3. The van der Waals surface area contributed by atoms with Gasteiger partial charge in [0.2, 0.25) is 0 Å². The zero-order valence-electron chi connectivity index (χ0n) is 21.3. The number of ether oxygens (including phenoxy) is 1. The number of hydrogen-bond donors (Lipinski definition) is 1. The van der Waals surface area contributed by atoms with E-state index in [1.54, 1.807) is 11.0 Å². The van der Waals surface area contributed by atoms with Crippen LogP contribution >= 0.6 is 24.0 Å². The van der Waals surface area contributed by atoms with Gasteiger partial charge in [0.15, 0.2) is 6.61 Å². The molecule has 3 heterocycles. The molecule has 2 saturated heterocycles. The number of fused-ring (bicyclic) bond motifs is 1. The Bertz CT molecular complexity index is 1430. The van der Waals surface area contributed by atoms with Gasteiger partial charge >= 0.3 is 0 Å². The molecule has 198 valence electrons. The molecule has 0 saturated carbocycles. The fourth-order valence-electron chi connectivity index (χ4n) is 5.05. The maximum absolute atomic E-state index is 12.9. The lowest BCUT2D eigenvalue weighted by Gasteiger charge is -2.36. The fraction of sp³-hybridized carbons (Fsp3) is 0.233. The molecule has 0 spiro atoms. The van der Waals surface area contributed by atoms with Gasteiger partial charge in [0.1, 0.15) is 10.1 Å². The Labute approximate surface area is 237 Å². The SMILES string of the molecule is O=C1NC(=S)SC1=Cc1ccc2c(c1)N(Cc1ccc(CN3CCN(c4ccccc4)CC3)cc1)C(=O)CO2. The molecule has 39 heavy (non-hydrogen) atoms. The Balaban J connectivity index is 1.11. The molecule has 3 aromatic rings. The normalized spacial score (nSPS) is 18.8. The van der Waals surface area contributed by atoms with Crippen LogP contribution in [0.4, 0.5) is 11.4 Å². The van der Waals surface area contributed by atoms with Crippen molar-refractivity contribution < 1.29 is 14.3 Å². The molecule has 0 radical (unpaired) electrons. The molecule has 0 bridgehead atoms. The lowest BCUT2D eigenvalue weighted by atomic mass is 10.1. The highest BCUT2D eigenvalue weighted by Crippen LogP contribution is 2.36. The van der Waals surface area contributed by atoms with E-state index in [1.807, 2.05) is 18.2 Å². The zero-order chi connectivity index (χ0) is 26.8. The minimum absolute atomic E-state index is 0.00695. The molecule has 0 aromatic heterocycles. The Morgan fingerprint density at radius 2 is 1.62 bits per heavy atom. The second-order valence-corrected chi connectivity index (χ2v) is 11.5. The molecule has 3 aliphatic rings. The van der Waals surface area contributed by atoms with Crippen molar-refractivity contribution in [3.05, 3.63) is 94.4 Å². The summed E-state index contributed by atoms with van der Waals surface area (Å²) in [6, 6.07) is 24.7. The molecule has 0 atom stereocenters. The maximum Gasteiger partial charge on any atom is 0.265 e. The van der Waals surface area contributed by atoms with Crippen LogP contribution in [0.15, 0.2) is 77.7 Å². The van der Waals surface area contributed by atoms with E-state index in [2.05, 4.69) is 69.7 Å². The van der Waals surface area contributed by atoms with Crippen molar-refractivity contribution in [2.75, 3.05) is 42.6 Å². The standard InChI is InChI=1S/C30H28N4O3S2/c35-28-20-37-26-11-10-23(17-27-29(36)31-30(38)39-27)16-25(26)34(28)19-22-8-6-21(7-9-22)18-32-12-14-33(15-13-32)24-4-2-1-3-5-24/h1-11,16-17H,12-15,18-20H2,(H,31,36,38). The van der Waals surface area contributed by atoms with Crippen LogP contribution in [-0.2, 0) is 22.7 Å². The lowest BCUT2D eigenvalue weighted by Crippen LogP contribution is -2.45. The summed E-state index contributed by atoms with van der Waals surface area (Å²) < 4.78 is 6.13. The average molecular weight is 557 g/mol. The van der Waals surface area contributed by atoms with Gasteiger partial charge in [-0.05, 0) is 47.0 Å². The van der Waals surface area contributed by atoms with Crippen LogP contribution < -0.4 is 19.9 Å². The topological polar surface area (TPSA) is 65.1 Å². The van der Waals surface area contributed by atoms with Crippen molar-refractivity contribution >= 4 is 57.6 Å². The van der Waals surface area contributed by atoms with E-state index < -0.39 is 0 Å². The Morgan fingerprint density at radius 3 is 2.31 bits per heavy atom. The molecule has 3 aromatic carbocycles. The third-order valence-electron chi connectivity index (χ3n) is 7.13. The highest BCUT2D eigenvalue weighted by molar-refractivity contribution is 8.26. The number of amides is 2. The predicted molar refractivity (Wildman–Crippen MR) is 160 cm³/mol. The number of carbonyl (C=O) groups is 2. The number of piperazine rings is 1. The molecule has 1 N–H and O–H groups in total. The molecule has 0 aliphatic carbocycles. The summed E-state index contributed by atoms with van der Waals surface area (Å²) in [5.74, 6) is 0.356. The number of anilines is 2.